The molecule has 5 nitrogen and oxygen atoms in total. The van der Waals surface area contributed by atoms with Crippen molar-refractivity contribution >= 4 is 11.5 Å². The molecule has 0 unspecified atom stereocenters. The molecule has 0 saturated carbocycles. The molecule has 2 aromatic rings. The van der Waals surface area contributed by atoms with Crippen molar-refractivity contribution in [2.45, 2.75) is 13.0 Å². The number of nitrogens with two attached hydrogens (primary N) is 1. The van der Waals surface area contributed by atoms with E-state index in [4.69, 9.17) is 10.5 Å². The number of nitrogens with zero attached hydrogens (tertiary/aromatic N) is 3. The van der Waals surface area contributed by atoms with Crippen LogP contribution in [0.2, 0.25) is 0 Å². The molecule has 98 valence electrons. The number of aromatic nitrogens is 2. The molecule has 0 aromatic carbocycles. The third-order valence-corrected chi connectivity index (χ3v) is 3.00. The summed E-state index contributed by atoms with van der Waals surface area (Å²) < 4.78 is 7.11. The fourth-order valence-electron chi connectivity index (χ4n) is 2.08. The average Bonchev–Trinajstić information content (AvgIpc) is 2.77. The van der Waals surface area contributed by atoms with Gasteiger partial charge in [-0.25, -0.2) is 4.98 Å². The van der Waals surface area contributed by atoms with Crippen molar-refractivity contribution in [3.8, 4) is 0 Å². The highest BCUT2D eigenvalue weighted by Crippen LogP contribution is 2.20. The number of ether oxygens (including phenoxy) is 1. The Hall–Kier alpha value is -1.59. The molecule has 0 saturated heterocycles. The highest BCUT2D eigenvalue weighted by atomic mass is 16.5. The molecule has 2 aromatic heterocycles. The Balaban J connectivity index is 2.26. The fraction of sp³-hybridized carbons (Fsp3) is 0.462. The van der Waals surface area contributed by atoms with Crippen LogP contribution < -0.4 is 10.6 Å². The number of rotatable bonds is 6. The van der Waals surface area contributed by atoms with Crippen LogP contribution in [0.4, 0.5) is 5.82 Å². The second kappa shape index (κ2) is 5.84. The van der Waals surface area contributed by atoms with Crippen LogP contribution in [-0.4, -0.2) is 36.7 Å². The SMILES string of the molecule is COCCCN(C)c1nc2ccccn2c1CN. The largest absolute Gasteiger partial charge is 0.385 e. The normalized spacial score (nSPS) is 11.1. The molecule has 18 heavy (non-hydrogen) atoms. The maximum atomic E-state index is 5.84. The lowest BCUT2D eigenvalue weighted by molar-refractivity contribution is 0.196. The van der Waals surface area contributed by atoms with E-state index < -0.39 is 0 Å². The van der Waals surface area contributed by atoms with Gasteiger partial charge in [0.15, 0.2) is 5.82 Å². The molecular weight excluding hydrogens is 228 g/mol. The van der Waals surface area contributed by atoms with Gasteiger partial charge >= 0.3 is 0 Å². The monoisotopic (exact) mass is 248 g/mol. The molecule has 0 fully saturated rings. The zero-order chi connectivity index (χ0) is 13.0. The minimum absolute atomic E-state index is 0.481. The summed E-state index contributed by atoms with van der Waals surface area (Å²) in [7, 11) is 3.76. The molecule has 2 heterocycles. The van der Waals surface area contributed by atoms with Crippen molar-refractivity contribution in [3.63, 3.8) is 0 Å². The number of pyridine rings is 1. The van der Waals surface area contributed by atoms with Gasteiger partial charge in [-0.2, -0.15) is 0 Å². The molecule has 0 amide bonds. The Morgan fingerprint density at radius 1 is 1.44 bits per heavy atom. The Bertz CT molecular complexity index is 509. The molecule has 0 aliphatic rings. The standard InChI is InChI=1S/C13H20N4O/c1-16(7-5-9-18-2)13-11(10-14)17-8-4-3-6-12(17)15-13/h3-4,6,8H,5,7,9-10,14H2,1-2H3. The van der Waals surface area contributed by atoms with E-state index in [1.165, 1.54) is 0 Å². The highest BCUT2D eigenvalue weighted by molar-refractivity contribution is 5.55. The van der Waals surface area contributed by atoms with E-state index >= 15 is 0 Å². The summed E-state index contributed by atoms with van der Waals surface area (Å²) in [5.74, 6) is 0.958. The van der Waals surface area contributed by atoms with Gasteiger partial charge in [0.1, 0.15) is 5.65 Å². The number of methoxy groups -OCH3 is 1. The maximum absolute atomic E-state index is 5.84. The average molecular weight is 248 g/mol. The number of anilines is 1. The van der Waals surface area contributed by atoms with Gasteiger partial charge in [0.2, 0.25) is 0 Å². The summed E-state index contributed by atoms with van der Waals surface area (Å²) in [6.45, 7) is 2.15. The Labute approximate surface area is 107 Å². The van der Waals surface area contributed by atoms with E-state index in [-0.39, 0.29) is 0 Å². The smallest absolute Gasteiger partial charge is 0.152 e. The van der Waals surface area contributed by atoms with Gasteiger partial charge in [-0.1, -0.05) is 6.07 Å². The molecule has 0 atom stereocenters. The first-order valence-corrected chi connectivity index (χ1v) is 6.14. The van der Waals surface area contributed by atoms with Gasteiger partial charge in [-0.3, -0.25) is 0 Å². The van der Waals surface area contributed by atoms with Crippen molar-refractivity contribution in [2.24, 2.45) is 5.73 Å². The second-order valence-electron chi connectivity index (χ2n) is 4.28. The molecule has 0 aliphatic heterocycles. The third-order valence-electron chi connectivity index (χ3n) is 3.00. The quantitative estimate of drug-likeness (QED) is 0.782. The molecule has 0 radical (unpaired) electrons. The molecule has 2 N–H and O–H groups in total. The van der Waals surface area contributed by atoms with Gasteiger partial charge in [0.05, 0.1) is 5.69 Å². The van der Waals surface area contributed by atoms with Crippen LogP contribution in [0.3, 0.4) is 0 Å². The van der Waals surface area contributed by atoms with Crippen LogP contribution in [0.1, 0.15) is 12.1 Å². The van der Waals surface area contributed by atoms with E-state index in [0.29, 0.717) is 6.54 Å². The predicted octanol–water partition coefficient (Wildman–Crippen LogP) is 1.27. The second-order valence-corrected chi connectivity index (χ2v) is 4.28. The predicted molar refractivity (Wildman–Crippen MR) is 72.8 cm³/mol. The van der Waals surface area contributed by atoms with Crippen LogP contribution in [0, 0.1) is 0 Å². The minimum atomic E-state index is 0.481. The number of fused-ring (bicyclic) bond motifs is 1. The minimum Gasteiger partial charge on any atom is -0.385 e. The molecule has 0 spiro atoms. The Morgan fingerprint density at radius 2 is 2.28 bits per heavy atom. The van der Waals surface area contributed by atoms with E-state index in [2.05, 4.69) is 9.88 Å². The molecule has 5 heteroatoms. The summed E-state index contributed by atoms with van der Waals surface area (Å²) >= 11 is 0. The van der Waals surface area contributed by atoms with E-state index in [9.17, 15) is 0 Å². The lowest BCUT2D eigenvalue weighted by atomic mass is 10.3. The summed E-state index contributed by atoms with van der Waals surface area (Å²) in [5, 5.41) is 0. The van der Waals surface area contributed by atoms with Crippen molar-refractivity contribution in [1.29, 1.82) is 0 Å². The van der Waals surface area contributed by atoms with Gasteiger partial charge in [0.25, 0.3) is 0 Å². The first-order chi connectivity index (χ1) is 8.77. The van der Waals surface area contributed by atoms with Crippen LogP contribution >= 0.6 is 0 Å². The molecule has 0 aliphatic carbocycles. The topological polar surface area (TPSA) is 55.8 Å². The summed E-state index contributed by atoms with van der Waals surface area (Å²) in [4.78, 5) is 6.76. The van der Waals surface area contributed by atoms with Gasteiger partial charge in [-0.15, -0.1) is 0 Å². The van der Waals surface area contributed by atoms with Crippen LogP contribution in [0.25, 0.3) is 5.65 Å². The zero-order valence-electron chi connectivity index (χ0n) is 11.0. The third kappa shape index (κ3) is 2.47. The van der Waals surface area contributed by atoms with E-state index in [1.807, 2.05) is 35.8 Å². The van der Waals surface area contributed by atoms with Crippen LogP contribution in [-0.2, 0) is 11.3 Å². The van der Waals surface area contributed by atoms with Crippen molar-refractivity contribution in [2.75, 3.05) is 32.2 Å². The lowest BCUT2D eigenvalue weighted by Gasteiger charge is -2.17. The van der Waals surface area contributed by atoms with Crippen LogP contribution in [0.5, 0.6) is 0 Å². The number of imidazole rings is 1. The number of hydrogen-bond donors (Lipinski definition) is 1. The first-order valence-electron chi connectivity index (χ1n) is 6.14. The fourth-order valence-corrected chi connectivity index (χ4v) is 2.08. The van der Waals surface area contributed by atoms with Crippen molar-refractivity contribution in [3.05, 3.63) is 30.1 Å². The summed E-state index contributed by atoms with van der Waals surface area (Å²) in [5.41, 5.74) is 7.82. The lowest BCUT2D eigenvalue weighted by Crippen LogP contribution is -2.22. The van der Waals surface area contributed by atoms with Crippen LogP contribution in [0.15, 0.2) is 24.4 Å². The molecular formula is C13H20N4O. The maximum Gasteiger partial charge on any atom is 0.152 e. The van der Waals surface area contributed by atoms with Gasteiger partial charge < -0.3 is 19.8 Å². The van der Waals surface area contributed by atoms with E-state index in [1.54, 1.807) is 7.11 Å². The van der Waals surface area contributed by atoms with Crippen molar-refractivity contribution in [1.82, 2.24) is 9.38 Å². The van der Waals surface area contributed by atoms with E-state index in [0.717, 1.165) is 36.7 Å². The highest BCUT2D eigenvalue weighted by Gasteiger charge is 2.13. The van der Waals surface area contributed by atoms with Crippen molar-refractivity contribution < 1.29 is 4.74 Å². The first kappa shape index (κ1) is 12.9. The summed E-state index contributed by atoms with van der Waals surface area (Å²) in [6.07, 6.45) is 2.97. The number of hydrogen-bond acceptors (Lipinski definition) is 4. The van der Waals surface area contributed by atoms with Gasteiger partial charge in [-0.05, 0) is 18.6 Å². The molecule has 2 rings (SSSR count). The Morgan fingerprint density at radius 3 is 3.00 bits per heavy atom. The zero-order valence-corrected chi connectivity index (χ0v) is 11.0. The summed E-state index contributed by atoms with van der Waals surface area (Å²) in [6, 6.07) is 5.96. The Kier molecular flexibility index (Phi) is 4.17. The molecule has 0 bridgehead atoms. The van der Waals surface area contributed by atoms with Gasteiger partial charge in [0, 0.05) is 40.1 Å².